The van der Waals surface area contributed by atoms with E-state index in [1.54, 1.807) is 0 Å². The van der Waals surface area contributed by atoms with Gasteiger partial charge in [-0.1, -0.05) is 13.0 Å². The van der Waals surface area contributed by atoms with Gasteiger partial charge in [0.2, 0.25) is 0 Å². The predicted octanol–water partition coefficient (Wildman–Crippen LogP) is 3.50. The van der Waals surface area contributed by atoms with Crippen molar-refractivity contribution in [3.63, 3.8) is 0 Å². The lowest BCUT2D eigenvalue weighted by Gasteiger charge is -2.27. The lowest BCUT2D eigenvalue weighted by atomic mass is 10.0. The predicted molar refractivity (Wildman–Crippen MR) is 72.3 cm³/mol. The Morgan fingerprint density at radius 2 is 1.83 bits per heavy atom. The largest absolute Gasteiger partial charge is 0.488 e. The number of carboxylic acid groups (broad SMARTS) is 1. The first-order valence-corrected chi connectivity index (χ1v) is 6.26. The van der Waals surface area contributed by atoms with Crippen molar-refractivity contribution in [1.82, 2.24) is 0 Å². The van der Waals surface area contributed by atoms with Gasteiger partial charge in [-0.3, -0.25) is 4.79 Å². The highest BCUT2D eigenvalue weighted by molar-refractivity contribution is 5.71. The second kappa shape index (κ2) is 5.42. The van der Waals surface area contributed by atoms with Crippen LogP contribution in [-0.4, -0.2) is 16.7 Å². The number of rotatable bonds is 5. The number of benzene rings is 1. The van der Waals surface area contributed by atoms with Crippen LogP contribution in [0.25, 0.3) is 0 Å². The Labute approximate surface area is 109 Å². The molecule has 0 unspecified atom stereocenters. The van der Waals surface area contributed by atoms with Gasteiger partial charge in [0, 0.05) is 5.56 Å². The summed E-state index contributed by atoms with van der Waals surface area (Å²) < 4.78 is 5.96. The second-order valence-corrected chi connectivity index (χ2v) is 5.33. The summed E-state index contributed by atoms with van der Waals surface area (Å²) >= 11 is 0. The van der Waals surface area contributed by atoms with Crippen LogP contribution in [0, 0.1) is 13.8 Å². The molecule has 100 valence electrons. The van der Waals surface area contributed by atoms with Crippen LogP contribution in [0.15, 0.2) is 12.1 Å². The SMILES string of the molecule is CCC(C)(C)Oc1cc(C)c(C)cc1CC(=O)O. The van der Waals surface area contributed by atoms with E-state index in [4.69, 9.17) is 9.84 Å². The van der Waals surface area contributed by atoms with Gasteiger partial charge in [-0.05, 0) is 51.3 Å². The van der Waals surface area contributed by atoms with Crippen LogP contribution in [0.5, 0.6) is 5.75 Å². The molecule has 0 aliphatic carbocycles. The van der Waals surface area contributed by atoms with Gasteiger partial charge in [0.1, 0.15) is 11.4 Å². The summed E-state index contributed by atoms with van der Waals surface area (Å²) in [5, 5.41) is 8.95. The maximum Gasteiger partial charge on any atom is 0.307 e. The first-order valence-electron chi connectivity index (χ1n) is 6.26. The van der Waals surface area contributed by atoms with Gasteiger partial charge in [0.05, 0.1) is 6.42 Å². The molecule has 0 spiro atoms. The highest BCUT2D eigenvalue weighted by Gasteiger charge is 2.20. The molecule has 1 N–H and O–H groups in total. The second-order valence-electron chi connectivity index (χ2n) is 5.33. The van der Waals surface area contributed by atoms with Gasteiger partial charge in [-0.25, -0.2) is 0 Å². The Kier molecular flexibility index (Phi) is 4.38. The van der Waals surface area contributed by atoms with E-state index >= 15 is 0 Å². The highest BCUT2D eigenvalue weighted by Crippen LogP contribution is 2.28. The standard InChI is InChI=1S/C15H22O3/c1-6-15(4,5)18-13-8-11(3)10(2)7-12(13)9-14(16)17/h7-8H,6,9H2,1-5H3,(H,16,17). The molecule has 0 fully saturated rings. The van der Waals surface area contributed by atoms with E-state index in [-0.39, 0.29) is 12.0 Å². The molecule has 0 bridgehead atoms. The number of hydrogen-bond donors (Lipinski definition) is 1. The zero-order valence-electron chi connectivity index (χ0n) is 11.8. The molecule has 3 heteroatoms. The van der Waals surface area contributed by atoms with E-state index in [1.165, 1.54) is 0 Å². The van der Waals surface area contributed by atoms with Gasteiger partial charge < -0.3 is 9.84 Å². The summed E-state index contributed by atoms with van der Waals surface area (Å²) in [6, 6.07) is 3.84. The summed E-state index contributed by atoms with van der Waals surface area (Å²) in [5.74, 6) is -0.148. The summed E-state index contributed by atoms with van der Waals surface area (Å²) in [5.41, 5.74) is 2.67. The average Bonchev–Trinajstić information content (AvgIpc) is 2.24. The summed E-state index contributed by atoms with van der Waals surface area (Å²) in [6.45, 7) is 10.1. The average molecular weight is 250 g/mol. The number of aryl methyl sites for hydroxylation is 2. The Balaban J connectivity index is 3.15. The number of carbonyl (C=O) groups is 1. The van der Waals surface area contributed by atoms with Crippen LogP contribution < -0.4 is 4.74 Å². The van der Waals surface area contributed by atoms with Crippen LogP contribution in [-0.2, 0) is 11.2 Å². The molecule has 0 aliphatic rings. The van der Waals surface area contributed by atoms with Crippen LogP contribution in [0.3, 0.4) is 0 Å². The van der Waals surface area contributed by atoms with Gasteiger partial charge in [-0.15, -0.1) is 0 Å². The maximum atomic E-state index is 10.9. The number of carboxylic acids is 1. The van der Waals surface area contributed by atoms with Crippen molar-refractivity contribution in [3.8, 4) is 5.75 Å². The lowest BCUT2D eigenvalue weighted by Crippen LogP contribution is -2.27. The van der Waals surface area contributed by atoms with Crippen molar-refractivity contribution >= 4 is 5.97 Å². The number of hydrogen-bond acceptors (Lipinski definition) is 2. The first-order chi connectivity index (χ1) is 8.25. The van der Waals surface area contributed by atoms with Gasteiger partial charge in [-0.2, -0.15) is 0 Å². The molecule has 3 nitrogen and oxygen atoms in total. The summed E-state index contributed by atoms with van der Waals surface area (Å²) in [4.78, 5) is 10.9. The van der Waals surface area contributed by atoms with Crippen molar-refractivity contribution in [2.75, 3.05) is 0 Å². The van der Waals surface area contributed by atoms with Gasteiger partial charge in [0.25, 0.3) is 0 Å². The molecule has 18 heavy (non-hydrogen) atoms. The van der Waals surface area contributed by atoms with E-state index in [0.717, 1.165) is 23.1 Å². The third-order valence-electron chi connectivity index (χ3n) is 3.26. The molecule has 0 aliphatic heterocycles. The lowest BCUT2D eigenvalue weighted by molar-refractivity contribution is -0.136. The fourth-order valence-corrected chi connectivity index (χ4v) is 1.62. The Hall–Kier alpha value is -1.51. The zero-order chi connectivity index (χ0) is 13.9. The van der Waals surface area contributed by atoms with Crippen molar-refractivity contribution in [3.05, 3.63) is 28.8 Å². The minimum Gasteiger partial charge on any atom is -0.488 e. The van der Waals surface area contributed by atoms with Gasteiger partial charge in [0.15, 0.2) is 0 Å². The molecule has 1 aromatic rings. The van der Waals surface area contributed by atoms with E-state index < -0.39 is 5.97 Å². The highest BCUT2D eigenvalue weighted by atomic mass is 16.5. The van der Waals surface area contributed by atoms with Crippen molar-refractivity contribution in [2.24, 2.45) is 0 Å². The van der Waals surface area contributed by atoms with Crippen LogP contribution >= 0.6 is 0 Å². The van der Waals surface area contributed by atoms with Crippen molar-refractivity contribution in [2.45, 2.75) is 53.1 Å². The van der Waals surface area contributed by atoms with Crippen molar-refractivity contribution < 1.29 is 14.6 Å². The fraction of sp³-hybridized carbons (Fsp3) is 0.533. The molecule has 0 amide bonds. The van der Waals surface area contributed by atoms with E-state index in [1.807, 2.05) is 39.8 Å². The monoisotopic (exact) mass is 250 g/mol. The topological polar surface area (TPSA) is 46.5 Å². The third kappa shape index (κ3) is 3.76. The smallest absolute Gasteiger partial charge is 0.307 e. The number of ether oxygens (including phenoxy) is 1. The minimum atomic E-state index is -0.836. The van der Waals surface area contributed by atoms with Crippen molar-refractivity contribution in [1.29, 1.82) is 0 Å². The third-order valence-corrected chi connectivity index (χ3v) is 3.26. The molecule has 1 aromatic carbocycles. The minimum absolute atomic E-state index is 0.00372. The Bertz CT molecular complexity index is 447. The maximum absolute atomic E-state index is 10.9. The molecule has 0 aromatic heterocycles. The first kappa shape index (κ1) is 14.6. The quantitative estimate of drug-likeness (QED) is 0.870. The molecular formula is C15H22O3. The zero-order valence-corrected chi connectivity index (χ0v) is 11.8. The molecule has 0 atom stereocenters. The Morgan fingerprint density at radius 3 is 2.33 bits per heavy atom. The molecule has 1 rings (SSSR count). The fourth-order valence-electron chi connectivity index (χ4n) is 1.62. The van der Waals surface area contributed by atoms with Crippen LogP contribution in [0.2, 0.25) is 0 Å². The summed E-state index contributed by atoms with van der Waals surface area (Å²) in [6.07, 6.45) is 0.864. The molecule has 0 heterocycles. The molecule has 0 saturated heterocycles. The van der Waals surface area contributed by atoms with Gasteiger partial charge >= 0.3 is 5.97 Å². The molecule has 0 radical (unpaired) electrons. The number of aliphatic carboxylic acids is 1. The van der Waals surface area contributed by atoms with Crippen LogP contribution in [0.4, 0.5) is 0 Å². The van der Waals surface area contributed by atoms with E-state index in [9.17, 15) is 4.79 Å². The molecule has 0 saturated carbocycles. The normalized spacial score (nSPS) is 11.4. The van der Waals surface area contributed by atoms with E-state index in [0.29, 0.717) is 5.75 Å². The van der Waals surface area contributed by atoms with Crippen LogP contribution in [0.1, 0.15) is 43.9 Å². The Morgan fingerprint density at radius 1 is 1.28 bits per heavy atom. The molecular weight excluding hydrogens is 228 g/mol. The summed E-state index contributed by atoms with van der Waals surface area (Å²) in [7, 11) is 0. The van der Waals surface area contributed by atoms with E-state index in [2.05, 4.69) is 6.92 Å².